The van der Waals surface area contributed by atoms with Crippen LogP contribution in [0.1, 0.15) is 0 Å². The van der Waals surface area contributed by atoms with E-state index in [1.54, 1.807) is 0 Å². The van der Waals surface area contributed by atoms with Crippen molar-refractivity contribution in [1.82, 2.24) is 0 Å². The summed E-state index contributed by atoms with van der Waals surface area (Å²) in [5, 5.41) is 12.3. The minimum absolute atomic E-state index is 0.914. The molecule has 10 aromatic rings. The molecule has 1 aromatic heterocycles. The molecule has 218 valence electrons. The molecular weight excluding hydrogens is 569 g/mol. The topological polar surface area (TPSA) is 13.1 Å². The summed E-state index contributed by atoms with van der Waals surface area (Å²) in [6, 6.07) is 61.6. The quantitative estimate of drug-likeness (QED) is 0.185. The van der Waals surface area contributed by atoms with Gasteiger partial charge in [-0.2, -0.15) is 0 Å². The Kier molecular flexibility index (Phi) is 5.64. The third kappa shape index (κ3) is 4.03. The van der Waals surface area contributed by atoms with Crippen LogP contribution < -0.4 is 0 Å². The third-order valence-electron chi connectivity index (χ3n) is 9.82. The molecule has 0 aliphatic carbocycles. The predicted molar refractivity (Wildman–Crippen MR) is 200 cm³/mol. The number of rotatable bonds is 3. The highest BCUT2D eigenvalue weighted by molar-refractivity contribution is 6.23. The minimum atomic E-state index is 0.914. The first-order chi connectivity index (χ1) is 23.3. The molecule has 1 nitrogen and oxygen atoms in total. The van der Waals surface area contributed by atoms with Crippen molar-refractivity contribution in [3.05, 3.63) is 170 Å². The molecule has 1 heteroatoms. The maximum absolute atomic E-state index is 6.36. The van der Waals surface area contributed by atoms with E-state index in [1.165, 1.54) is 81.9 Å². The monoisotopic (exact) mass is 596 g/mol. The second-order valence-electron chi connectivity index (χ2n) is 12.5. The van der Waals surface area contributed by atoms with Gasteiger partial charge in [-0.1, -0.05) is 140 Å². The lowest BCUT2D eigenvalue weighted by molar-refractivity contribution is 0.669. The van der Waals surface area contributed by atoms with Gasteiger partial charge in [-0.05, 0) is 107 Å². The first-order valence-corrected chi connectivity index (χ1v) is 16.2. The summed E-state index contributed by atoms with van der Waals surface area (Å²) < 4.78 is 6.36. The SMILES string of the molecule is c1ccc(-c2ccc3oc4ccc5cc(-c6c7ccccc7c(-c7ccc8ccccc8c7)c7ccccc67)ccc5c4c3c2)cc1. The highest BCUT2D eigenvalue weighted by Crippen LogP contribution is 2.45. The van der Waals surface area contributed by atoms with Gasteiger partial charge in [0.1, 0.15) is 11.2 Å². The summed E-state index contributed by atoms with van der Waals surface area (Å²) in [5.41, 5.74) is 9.24. The van der Waals surface area contributed by atoms with Crippen molar-refractivity contribution in [3.8, 4) is 33.4 Å². The Bertz CT molecular complexity index is 2780. The van der Waals surface area contributed by atoms with Gasteiger partial charge < -0.3 is 4.42 Å². The summed E-state index contributed by atoms with van der Waals surface area (Å²) in [6.07, 6.45) is 0. The fourth-order valence-corrected chi connectivity index (χ4v) is 7.67. The van der Waals surface area contributed by atoms with Crippen LogP contribution in [0.5, 0.6) is 0 Å². The zero-order valence-corrected chi connectivity index (χ0v) is 25.6. The lowest BCUT2D eigenvalue weighted by Crippen LogP contribution is -1.91. The maximum atomic E-state index is 6.36. The van der Waals surface area contributed by atoms with E-state index < -0.39 is 0 Å². The van der Waals surface area contributed by atoms with Crippen molar-refractivity contribution >= 4 is 65.0 Å². The van der Waals surface area contributed by atoms with E-state index in [9.17, 15) is 0 Å². The second kappa shape index (κ2) is 10.2. The molecule has 0 bridgehead atoms. The normalized spacial score (nSPS) is 11.8. The molecule has 9 aromatic carbocycles. The predicted octanol–water partition coefficient (Wildman–Crippen LogP) is 13.2. The molecule has 0 N–H and O–H groups in total. The summed E-state index contributed by atoms with van der Waals surface area (Å²) in [4.78, 5) is 0. The van der Waals surface area contributed by atoms with Gasteiger partial charge in [-0.25, -0.2) is 0 Å². The number of hydrogen-bond donors (Lipinski definition) is 0. The highest BCUT2D eigenvalue weighted by atomic mass is 16.3. The van der Waals surface area contributed by atoms with Crippen molar-refractivity contribution in [1.29, 1.82) is 0 Å². The van der Waals surface area contributed by atoms with E-state index in [0.29, 0.717) is 0 Å². The van der Waals surface area contributed by atoms with Gasteiger partial charge in [0.15, 0.2) is 0 Å². The molecule has 1 heterocycles. The molecule has 0 spiro atoms. The molecule has 0 amide bonds. The van der Waals surface area contributed by atoms with Gasteiger partial charge in [-0.3, -0.25) is 0 Å². The van der Waals surface area contributed by atoms with E-state index in [0.717, 1.165) is 16.6 Å². The summed E-state index contributed by atoms with van der Waals surface area (Å²) in [7, 11) is 0. The van der Waals surface area contributed by atoms with Gasteiger partial charge in [0.05, 0.1) is 0 Å². The van der Waals surface area contributed by atoms with Crippen LogP contribution in [0.3, 0.4) is 0 Å². The molecule has 47 heavy (non-hydrogen) atoms. The molecule has 0 atom stereocenters. The van der Waals surface area contributed by atoms with Crippen molar-refractivity contribution in [2.45, 2.75) is 0 Å². The smallest absolute Gasteiger partial charge is 0.136 e. The highest BCUT2D eigenvalue weighted by Gasteiger charge is 2.18. The van der Waals surface area contributed by atoms with Gasteiger partial charge in [0.2, 0.25) is 0 Å². The summed E-state index contributed by atoms with van der Waals surface area (Å²) in [5.74, 6) is 0. The Hall–Kier alpha value is -6.18. The standard InChI is InChI=1S/C46H28O/c1-2-10-29(11-3-1)32-21-24-42-41(28-32)46-36-23-20-35(27-33(36)22-25-43(46)47-42)45-39-16-8-6-14-37(39)44(38-15-7-9-17-40(38)45)34-19-18-30-12-4-5-13-31(30)26-34/h1-28H. The van der Waals surface area contributed by atoms with Crippen LogP contribution in [0.15, 0.2) is 174 Å². The molecule has 0 saturated carbocycles. The lowest BCUT2D eigenvalue weighted by atomic mass is 9.85. The van der Waals surface area contributed by atoms with E-state index in [4.69, 9.17) is 4.42 Å². The van der Waals surface area contributed by atoms with Crippen LogP contribution >= 0.6 is 0 Å². The van der Waals surface area contributed by atoms with Crippen LogP contribution in [0.2, 0.25) is 0 Å². The van der Waals surface area contributed by atoms with Gasteiger partial charge in [0.25, 0.3) is 0 Å². The molecule has 0 fully saturated rings. The molecular formula is C46H28O. The Morgan fingerprint density at radius 2 is 0.809 bits per heavy atom. The Morgan fingerprint density at radius 1 is 0.277 bits per heavy atom. The van der Waals surface area contributed by atoms with E-state index >= 15 is 0 Å². The first kappa shape index (κ1) is 26.1. The van der Waals surface area contributed by atoms with Crippen LogP contribution in [-0.4, -0.2) is 0 Å². The molecule has 10 rings (SSSR count). The number of furan rings is 1. The van der Waals surface area contributed by atoms with E-state index in [-0.39, 0.29) is 0 Å². The van der Waals surface area contributed by atoms with E-state index in [1.807, 2.05) is 0 Å². The number of hydrogen-bond acceptors (Lipinski definition) is 1. The average molecular weight is 597 g/mol. The fraction of sp³-hybridized carbons (Fsp3) is 0. The zero-order valence-electron chi connectivity index (χ0n) is 25.6. The van der Waals surface area contributed by atoms with Crippen molar-refractivity contribution in [2.75, 3.05) is 0 Å². The van der Waals surface area contributed by atoms with Crippen molar-refractivity contribution in [3.63, 3.8) is 0 Å². The first-order valence-electron chi connectivity index (χ1n) is 16.2. The van der Waals surface area contributed by atoms with Gasteiger partial charge in [-0.15, -0.1) is 0 Å². The van der Waals surface area contributed by atoms with Gasteiger partial charge >= 0.3 is 0 Å². The Balaban J connectivity index is 1.22. The zero-order chi connectivity index (χ0) is 30.9. The van der Waals surface area contributed by atoms with Crippen LogP contribution in [0.4, 0.5) is 0 Å². The van der Waals surface area contributed by atoms with Crippen molar-refractivity contribution in [2.24, 2.45) is 0 Å². The average Bonchev–Trinajstić information content (AvgIpc) is 3.52. The van der Waals surface area contributed by atoms with E-state index in [2.05, 4.69) is 170 Å². The number of fused-ring (bicyclic) bond motifs is 8. The second-order valence-corrected chi connectivity index (χ2v) is 12.5. The Morgan fingerprint density at radius 3 is 1.51 bits per heavy atom. The van der Waals surface area contributed by atoms with Crippen LogP contribution in [0, 0.1) is 0 Å². The summed E-state index contributed by atoms with van der Waals surface area (Å²) in [6.45, 7) is 0. The molecule has 0 saturated heterocycles. The molecule has 0 aliphatic rings. The summed E-state index contributed by atoms with van der Waals surface area (Å²) >= 11 is 0. The van der Waals surface area contributed by atoms with Crippen molar-refractivity contribution < 1.29 is 4.42 Å². The molecule has 0 aliphatic heterocycles. The van der Waals surface area contributed by atoms with Crippen LogP contribution in [0.25, 0.3) is 98.4 Å². The minimum Gasteiger partial charge on any atom is -0.456 e. The van der Waals surface area contributed by atoms with Crippen LogP contribution in [-0.2, 0) is 0 Å². The van der Waals surface area contributed by atoms with Gasteiger partial charge in [0, 0.05) is 10.8 Å². The lowest BCUT2D eigenvalue weighted by Gasteiger charge is -2.18. The maximum Gasteiger partial charge on any atom is 0.136 e. The number of benzene rings is 9. The molecule has 0 radical (unpaired) electrons. The third-order valence-corrected chi connectivity index (χ3v) is 9.82. The fourth-order valence-electron chi connectivity index (χ4n) is 7.67. The molecule has 0 unspecified atom stereocenters. The largest absolute Gasteiger partial charge is 0.456 e. The Labute approximate surface area is 271 Å².